The van der Waals surface area contributed by atoms with Crippen LogP contribution in [-0.2, 0) is 16.1 Å². The molecule has 0 spiro atoms. The molecule has 178 valence electrons. The van der Waals surface area contributed by atoms with Crippen molar-refractivity contribution in [1.29, 1.82) is 0 Å². The highest BCUT2D eigenvalue weighted by atomic mass is 32.1. The number of unbranched alkanes of at least 4 members (excludes halogenated alkanes) is 3. The van der Waals surface area contributed by atoms with Gasteiger partial charge in [-0.1, -0.05) is 68.7 Å². The van der Waals surface area contributed by atoms with Gasteiger partial charge in [0.25, 0.3) is 5.91 Å². The molecule has 0 bridgehead atoms. The zero-order valence-corrected chi connectivity index (χ0v) is 20.4. The molecular weight excluding hydrogens is 436 g/mol. The number of esters is 1. The summed E-state index contributed by atoms with van der Waals surface area (Å²) in [7, 11) is 0. The molecule has 0 unspecified atom stereocenters. The van der Waals surface area contributed by atoms with Gasteiger partial charge in [0, 0.05) is 13.1 Å². The highest BCUT2D eigenvalue weighted by molar-refractivity contribution is 7.80. The van der Waals surface area contributed by atoms with Crippen LogP contribution in [-0.4, -0.2) is 41.6 Å². The lowest BCUT2D eigenvalue weighted by molar-refractivity contribution is -0.143. The predicted octanol–water partition coefficient (Wildman–Crippen LogP) is 5.12. The number of amides is 1. The third kappa shape index (κ3) is 9.61. The second kappa shape index (κ2) is 15.0. The molecule has 0 heterocycles. The predicted molar refractivity (Wildman–Crippen MR) is 134 cm³/mol. The van der Waals surface area contributed by atoms with E-state index in [1.54, 1.807) is 30.0 Å². The minimum absolute atomic E-state index is 0.175. The first-order valence-electron chi connectivity index (χ1n) is 11.6. The number of carbonyl (C=O) groups excluding carboxylic acids is 2. The Morgan fingerprint density at radius 3 is 2.42 bits per heavy atom. The van der Waals surface area contributed by atoms with Crippen LogP contribution in [0, 0.1) is 0 Å². The maximum Gasteiger partial charge on any atom is 0.307 e. The Balaban J connectivity index is 2.04. The summed E-state index contributed by atoms with van der Waals surface area (Å²) in [5.74, 6) is -0.0970. The first kappa shape index (κ1) is 26.3. The molecule has 1 N–H and O–H groups in total. The van der Waals surface area contributed by atoms with Gasteiger partial charge in [0.1, 0.15) is 5.75 Å². The van der Waals surface area contributed by atoms with Gasteiger partial charge < -0.3 is 14.4 Å². The molecule has 0 atom stereocenters. The standard InChI is InChI=1S/C26H34N2O4S/c1-3-5-6-12-19-32-23-16-11-10-15-22(23)25(30)27-26(33)28(18-17-24(29)31-4-2)20-21-13-8-7-9-14-21/h7-11,13-16H,3-6,12,17-20H2,1-2H3,(H,27,30,33). The van der Waals surface area contributed by atoms with Crippen molar-refractivity contribution in [2.75, 3.05) is 19.8 Å². The Bertz CT molecular complexity index is 889. The van der Waals surface area contributed by atoms with E-state index in [9.17, 15) is 9.59 Å². The zero-order chi connectivity index (χ0) is 23.9. The van der Waals surface area contributed by atoms with E-state index in [0.717, 1.165) is 24.8 Å². The molecule has 0 aliphatic rings. The third-order valence-corrected chi connectivity index (χ3v) is 5.36. The Morgan fingerprint density at radius 1 is 0.970 bits per heavy atom. The van der Waals surface area contributed by atoms with E-state index >= 15 is 0 Å². The summed E-state index contributed by atoms with van der Waals surface area (Å²) in [6.07, 6.45) is 4.55. The van der Waals surface area contributed by atoms with Gasteiger partial charge in [0.2, 0.25) is 0 Å². The van der Waals surface area contributed by atoms with Crippen LogP contribution in [0.1, 0.15) is 61.9 Å². The maximum atomic E-state index is 13.0. The van der Waals surface area contributed by atoms with Crippen molar-refractivity contribution in [2.45, 2.75) is 52.5 Å². The smallest absolute Gasteiger partial charge is 0.307 e. The van der Waals surface area contributed by atoms with E-state index in [0.29, 0.717) is 37.6 Å². The van der Waals surface area contributed by atoms with E-state index in [-0.39, 0.29) is 23.4 Å². The van der Waals surface area contributed by atoms with Crippen LogP contribution in [0.2, 0.25) is 0 Å². The molecule has 0 fully saturated rings. The van der Waals surface area contributed by atoms with Gasteiger partial charge in [0.15, 0.2) is 5.11 Å². The van der Waals surface area contributed by atoms with Gasteiger partial charge >= 0.3 is 5.97 Å². The molecule has 0 radical (unpaired) electrons. The quantitative estimate of drug-likeness (QED) is 0.249. The number of nitrogens with zero attached hydrogens (tertiary/aromatic N) is 1. The lowest BCUT2D eigenvalue weighted by Crippen LogP contribution is -2.43. The fourth-order valence-electron chi connectivity index (χ4n) is 3.25. The molecular formula is C26H34N2O4S. The molecule has 0 saturated heterocycles. The van der Waals surface area contributed by atoms with Crippen molar-refractivity contribution in [1.82, 2.24) is 10.2 Å². The summed E-state index contributed by atoms with van der Waals surface area (Å²) in [6, 6.07) is 16.9. The van der Waals surface area contributed by atoms with Crippen molar-refractivity contribution in [3.05, 3.63) is 65.7 Å². The van der Waals surface area contributed by atoms with Crippen molar-refractivity contribution in [2.24, 2.45) is 0 Å². The Morgan fingerprint density at radius 2 is 1.70 bits per heavy atom. The van der Waals surface area contributed by atoms with Crippen molar-refractivity contribution in [3.8, 4) is 5.75 Å². The fourth-order valence-corrected chi connectivity index (χ4v) is 3.50. The second-order valence-electron chi connectivity index (χ2n) is 7.63. The van der Waals surface area contributed by atoms with Crippen molar-refractivity contribution < 1.29 is 19.1 Å². The van der Waals surface area contributed by atoms with Gasteiger partial charge in [-0.05, 0) is 43.3 Å². The SMILES string of the molecule is CCCCCCOc1ccccc1C(=O)NC(=S)N(CCC(=O)OCC)Cc1ccccc1. The van der Waals surface area contributed by atoms with Crippen LogP contribution in [0.3, 0.4) is 0 Å². The number of para-hydroxylation sites is 1. The minimum atomic E-state index is -0.335. The first-order chi connectivity index (χ1) is 16.0. The first-order valence-corrected chi connectivity index (χ1v) is 12.0. The summed E-state index contributed by atoms with van der Waals surface area (Å²) in [5, 5.41) is 3.07. The lowest BCUT2D eigenvalue weighted by atomic mass is 10.2. The summed E-state index contributed by atoms with van der Waals surface area (Å²) in [5.41, 5.74) is 1.45. The summed E-state index contributed by atoms with van der Waals surface area (Å²) >= 11 is 5.55. The summed E-state index contributed by atoms with van der Waals surface area (Å²) in [6.45, 7) is 5.63. The summed E-state index contributed by atoms with van der Waals surface area (Å²) in [4.78, 5) is 26.7. The van der Waals surface area contributed by atoms with Gasteiger partial charge in [-0.15, -0.1) is 0 Å². The van der Waals surface area contributed by atoms with Crippen LogP contribution in [0.4, 0.5) is 0 Å². The number of nitrogens with one attached hydrogen (secondary N) is 1. The average molecular weight is 471 g/mol. The second-order valence-corrected chi connectivity index (χ2v) is 8.01. The van der Waals surface area contributed by atoms with Gasteiger partial charge in [-0.25, -0.2) is 0 Å². The molecule has 2 aromatic rings. The van der Waals surface area contributed by atoms with Gasteiger partial charge in [-0.2, -0.15) is 0 Å². The van der Waals surface area contributed by atoms with E-state index in [1.165, 1.54) is 6.42 Å². The largest absolute Gasteiger partial charge is 0.493 e. The van der Waals surface area contributed by atoms with Crippen molar-refractivity contribution in [3.63, 3.8) is 0 Å². The Kier molecular flexibility index (Phi) is 12.0. The van der Waals surface area contributed by atoms with E-state index in [4.69, 9.17) is 21.7 Å². The van der Waals surface area contributed by atoms with E-state index < -0.39 is 0 Å². The molecule has 0 aliphatic heterocycles. The Labute approximate surface area is 202 Å². The average Bonchev–Trinajstić information content (AvgIpc) is 2.82. The third-order valence-electron chi connectivity index (χ3n) is 5.00. The molecule has 33 heavy (non-hydrogen) atoms. The van der Waals surface area contributed by atoms with Gasteiger partial charge in [0.05, 0.1) is 25.2 Å². The number of ether oxygens (including phenoxy) is 2. The number of rotatable bonds is 13. The number of carbonyl (C=O) groups is 2. The highest BCUT2D eigenvalue weighted by Gasteiger charge is 2.18. The molecule has 0 aromatic heterocycles. The monoisotopic (exact) mass is 470 g/mol. The van der Waals surface area contributed by atoms with Crippen LogP contribution in [0.5, 0.6) is 5.75 Å². The fraction of sp³-hybridized carbons (Fsp3) is 0.423. The zero-order valence-electron chi connectivity index (χ0n) is 19.5. The number of benzene rings is 2. The molecule has 2 rings (SSSR count). The number of hydrogen-bond donors (Lipinski definition) is 1. The van der Waals surface area contributed by atoms with E-state index in [2.05, 4.69) is 12.2 Å². The van der Waals surface area contributed by atoms with Crippen molar-refractivity contribution >= 4 is 29.2 Å². The lowest BCUT2D eigenvalue weighted by Gasteiger charge is -2.25. The normalized spacial score (nSPS) is 10.4. The molecule has 6 nitrogen and oxygen atoms in total. The maximum absolute atomic E-state index is 13.0. The highest BCUT2D eigenvalue weighted by Crippen LogP contribution is 2.19. The molecule has 1 amide bonds. The minimum Gasteiger partial charge on any atom is -0.493 e. The van der Waals surface area contributed by atoms with E-state index in [1.807, 2.05) is 36.4 Å². The topological polar surface area (TPSA) is 67.9 Å². The van der Waals surface area contributed by atoms with Gasteiger partial charge in [-0.3, -0.25) is 14.9 Å². The molecule has 0 saturated carbocycles. The molecule has 7 heteroatoms. The summed E-state index contributed by atoms with van der Waals surface area (Å²) < 4.78 is 10.9. The Hall–Kier alpha value is -2.93. The number of hydrogen-bond acceptors (Lipinski definition) is 5. The van der Waals surface area contributed by atoms with Crippen LogP contribution in [0.15, 0.2) is 54.6 Å². The molecule has 0 aliphatic carbocycles. The van der Waals surface area contributed by atoms with Crippen LogP contribution >= 0.6 is 12.2 Å². The van der Waals surface area contributed by atoms with Crippen LogP contribution < -0.4 is 10.1 Å². The molecule has 2 aromatic carbocycles. The van der Waals surface area contributed by atoms with Crippen LogP contribution in [0.25, 0.3) is 0 Å². The number of thiocarbonyl (C=S) groups is 1.